The Balaban J connectivity index is 1.76. The number of ether oxygens (including phenoxy) is 2. The number of amides is 2. The molecule has 0 spiro atoms. The Morgan fingerprint density at radius 3 is 2.66 bits per heavy atom. The van der Waals surface area contributed by atoms with Crippen molar-refractivity contribution in [3.63, 3.8) is 0 Å². The van der Waals surface area contributed by atoms with Crippen LogP contribution in [0.4, 0.5) is 5.69 Å². The molecule has 0 aliphatic carbocycles. The number of fused-ring (bicyclic) bond motifs is 1. The molecule has 0 saturated heterocycles. The van der Waals surface area contributed by atoms with E-state index in [1.165, 1.54) is 18.3 Å². The minimum absolute atomic E-state index is 0.125. The van der Waals surface area contributed by atoms with Gasteiger partial charge in [0, 0.05) is 42.8 Å². The largest absolute Gasteiger partial charge is 0.497 e. The monoisotopic (exact) mass is 473 g/mol. The summed E-state index contributed by atoms with van der Waals surface area (Å²) in [6, 6.07) is 13.5. The summed E-state index contributed by atoms with van der Waals surface area (Å²) in [6.07, 6.45) is 0.341. The van der Waals surface area contributed by atoms with Gasteiger partial charge in [-0.3, -0.25) is 9.59 Å². The molecular formula is C23H27N3O4S2. The summed E-state index contributed by atoms with van der Waals surface area (Å²) in [6.45, 7) is 5.18. The zero-order valence-electron chi connectivity index (χ0n) is 18.4. The third-order valence-electron chi connectivity index (χ3n) is 4.53. The van der Waals surface area contributed by atoms with E-state index in [2.05, 4.69) is 10.3 Å². The van der Waals surface area contributed by atoms with Gasteiger partial charge in [-0.15, -0.1) is 11.8 Å². The van der Waals surface area contributed by atoms with Crippen molar-refractivity contribution in [3.8, 4) is 5.75 Å². The lowest BCUT2D eigenvalue weighted by atomic mass is 10.3. The van der Waals surface area contributed by atoms with Crippen LogP contribution in [0.5, 0.6) is 5.75 Å². The maximum atomic E-state index is 12.6. The van der Waals surface area contributed by atoms with Crippen molar-refractivity contribution >= 4 is 50.8 Å². The molecule has 3 aromatic rings. The standard InChI is InChI=1S/C23H27N3O4S2/c1-4-30-13-12-26-20-10-5-17(24-16(2)27)15-21(20)32-23(26)25-22(28)11-14-31-19-8-6-18(29-3)7-9-19/h5-10,15H,4,11-14H2,1-3H3,(H,24,27). The van der Waals surface area contributed by atoms with Crippen molar-refractivity contribution in [2.45, 2.75) is 31.7 Å². The van der Waals surface area contributed by atoms with Gasteiger partial charge >= 0.3 is 0 Å². The summed E-state index contributed by atoms with van der Waals surface area (Å²) in [5, 5.41) is 2.79. The van der Waals surface area contributed by atoms with E-state index < -0.39 is 0 Å². The maximum absolute atomic E-state index is 12.6. The average Bonchev–Trinajstić information content (AvgIpc) is 3.10. The van der Waals surface area contributed by atoms with E-state index in [1.54, 1.807) is 18.9 Å². The van der Waals surface area contributed by atoms with Gasteiger partial charge in [0.25, 0.3) is 0 Å². The van der Waals surface area contributed by atoms with E-state index in [-0.39, 0.29) is 11.8 Å². The van der Waals surface area contributed by atoms with Gasteiger partial charge in [0.2, 0.25) is 11.8 Å². The van der Waals surface area contributed by atoms with Gasteiger partial charge in [0.1, 0.15) is 5.75 Å². The Morgan fingerprint density at radius 1 is 1.19 bits per heavy atom. The van der Waals surface area contributed by atoms with Crippen LogP contribution in [0.25, 0.3) is 10.2 Å². The molecule has 0 fully saturated rings. The summed E-state index contributed by atoms with van der Waals surface area (Å²) in [5.41, 5.74) is 1.68. The van der Waals surface area contributed by atoms with Gasteiger partial charge in [0.15, 0.2) is 4.80 Å². The molecule has 1 aromatic heterocycles. The van der Waals surface area contributed by atoms with Crippen LogP contribution in [0.3, 0.4) is 0 Å². The second-order valence-corrected chi connectivity index (χ2v) is 9.05. The van der Waals surface area contributed by atoms with Crippen molar-refractivity contribution in [2.75, 3.05) is 31.4 Å². The van der Waals surface area contributed by atoms with Gasteiger partial charge in [0.05, 0.1) is 23.9 Å². The summed E-state index contributed by atoms with van der Waals surface area (Å²) >= 11 is 3.05. The van der Waals surface area contributed by atoms with Crippen molar-refractivity contribution < 1.29 is 19.1 Å². The number of carbonyl (C=O) groups is 2. The lowest BCUT2D eigenvalue weighted by molar-refractivity contribution is -0.117. The second kappa shape index (κ2) is 11.8. The lowest BCUT2D eigenvalue weighted by Crippen LogP contribution is -2.19. The van der Waals surface area contributed by atoms with Crippen molar-refractivity contribution in [3.05, 3.63) is 47.3 Å². The molecule has 7 nitrogen and oxygen atoms in total. The molecule has 0 aliphatic rings. The van der Waals surface area contributed by atoms with Crippen LogP contribution in [-0.4, -0.2) is 42.5 Å². The van der Waals surface area contributed by atoms with Crippen LogP contribution in [0.2, 0.25) is 0 Å². The fraction of sp³-hybridized carbons (Fsp3) is 0.348. The number of carbonyl (C=O) groups excluding carboxylic acids is 2. The van der Waals surface area contributed by atoms with Crippen molar-refractivity contribution in [2.24, 2.45) is 4.99 Å². The number of methoxy groups -OCH3 is 1. The topological polar surface area (TPSA) is 81.9 Å². The normalized spacial score (nSPS) is 11.7. The Bertz CT molecular complexity index is 1140. The first-order valence-corrected chi connectivity index (χ1v) is 12.1. The molecule has 0 unspecified atom stereocenters. The zero-order valence-corrected chi connectivity index (χ0v) is 20.1. The highest BCUT2D eigenvalue weighted by molar-refractivity contribution is 7.99. The second-order valence-electron chi connectivity index (χ2n) is 6.88. The molecule has 1 heterocycles. The Morgan fingerprint density at radius 2 is 1.97 bits per heavy atom. The first kappa shape index (κ1) is 24.0. The van der Waals surface area contributed by atoms with Crippen molar-refractivity contribution in [1.82, 2.24) is 4.57 Å². The highest BCUT2D eigenvalue weighted by Crippen LogP contribution is 2.23. The number of rotatable bonds is 10. The third kappa shape index (κ3) is 6.69. The van der Waals surface area contributed by atoms with E-state index in [0.717, 1.165) is 26.5 Å². The summed E-state index contributed by atoms with van der Waals surface area (Å²) in [7, 11) is 1.64. The number of nitrogens with zero attached hydrogens (tertiary/aromatic N) is 2. The van der Waals surface area contributed by atoms with E-state index in [1.807, 2.05) is 54.0 Å². The Labute approximate surface area is 195 Å². The van der Waals surface area contributed by atoms with Gasteiger partial charge in [-0.1, -0.05) is 11.3 Å². The third-order valence-corrected chi connectivity index (χ3v) is 6.59. The van der Waals surface area contributed by atoms with Gasteiger partial charge in [-0.25, -0.2) is 0 Å². The zero-order chi connectivity index (χ0) is 22.9. The smallest absolute Gasteiger partial charge is 0.249 e. The number of aromatic nitrogens is 1. The molecule has 1 N–H and O–H groups in total. The summed E-state index contributed by atoms with van der Waals surface area (Å²) in [5.74, 6) is 1.17. The minimum Gasteiger partial charge on any atom is -0.497 e. The predicted octanol–water partition coefficient (Wildman–Crippen LogP) is 4.32. The average molecular weight is 474 g/mol. The lowest BCUT2D eigenvalue weighted by Gasteiger charge is -2.06. The highest BCUT2D eigenvalue weighted by atomic mass is 32.2. The van der Waals surface area contributed by atoms with Gasteiger partial charge in [-0.05, 0) is 49.4 Å². The van der Waals surface area contributed by atoms with Crippen LogP contribution >= 0.6 is 23.1 Å². The molecule has 170 valence electrons. The summed E-state index contributed by atoms with van der Waals surface area (Å²) in [4.78, 5) is 30.1. The maximum Gasteiger partial charge on any atom is 0.249 e. The van der Waals surface area contributed by atoms with Crippen LogP contribution in [0.1, 0.15) is 20.3 Å². The van der Waals surface area contributed by atoms with E-state index >= 15 is 0 Å². The molecule has 2 aromatic carbocycles. The molecule has 0 atom stereocenters. The fourth-order valence-electron chi connectivity index (χ4n) is 3.05. The Kier molecular flexibility index (Phi) is 8.90. The number of thioether (sulfide) groups is 1. The highest BCUT2D eigenvalue weighted by Gasteiger charge is 2.10. The molecule has 3 rings (SSSR count). The van der Waals surface area contributed by atoms with Crippen LogP contribution < -0.4 is 14.9 Å². The molecular weight excluding hydrogens is 446 g/mol. The van der Waals surface area contributed by atoms with Gasteiger partial charge in [-0.2, -0.15) is 4.99 Å². The number of benzene rings is 2. The predicted molar refractivity (Wildman–Crippen MR) is 130 cm³/mol. The molecule has 9 heteroatoms. The molecule has 0 bridgehead atoms. The molecule has 32 heavy (non-hydrogen) atoms. The SMILES string of the molecule is CCOCCn1c(=NC(=O)CCSc2ccc(OC)cc2)sc2cc(NC(C)=O)ccc21. The van der Waals surface area contributed by atoms with E-state index in [0.29, 0.717) is 36.7 Å². The first-order chi connectivity index (χ1) is 15.5. The van der Waals surface area contributed by atoms with Crippen LogP contribution in [-0.2, 0) is 20.9 Å². The van der Waals surface area contributed by atoms with Gasteiger partial charge < -0.3 is 19.4 Å². The first-order valence-electron chi connectivity index (χ1n) is 10.3. The number of hydrogen-bond donors (Lipinski definition) is 1. The number of nitrogens with one attached hydrogen (secondary N) is 1. The molecule has 0 radical (unpaired) electrons. The van der Waals surface area contributed by atoms with Crippen molar-refractivity contribution in [1.29, 1.82) is 0 Å². The quantitative estimate of drug-likeness (QED) is 0.350. The molecule has 0 saturated carbocycles. The minimum atomic E-state index is -0.162. The number of hydrogen-bond acceptors (Lipinski definition) is 6. The van der Waals surface area contributed by atoms with Crippen LogP contribution in [0, 0.1) is 0 Å². The van der Waals surface area contributed by atoms with Crippen LogP contribution in [0.15, 0.2) is 52.4 Å². The Hall–Kier alpha value is -2.62. The van der Waals surface area contributed by atoms with E-state index in [4.69, 9.17) is 9.47 Å². The fourth-order valence-corrected chi connectivity index (χ4v) is 5.00. The van der Waals surface area contributed by atoms with E-state index in [9.17, 15) is 9.59 Å². The summed E-state index contributed by atoms with van der Waals surface area (Å²) < 4.78 is 13.6. The molecule has 0 aliphatic heterocycles. The number of anilines is 1. The molecule has 2 amide bonds. The number of thiazole rings is 1.